The number of fused-ring (bicyclic) bond motifs is 2. The van der Waals surface area contributed by atoms with Gasteiger partial charge >= 0.3 is 0 Å². The molecule has 260 valence electrons. The summed E-state index contributed by atoms with van der Waals surface area (Å²) < 4.78 is 18.2. The Balaban J connectivity index is 0.917. The van der Waals surface area contributed by atoms with Gasteiger partial charge in [0.25, 0.3) is 11.1 Å². The van der Waals surface area contributed by atoms with Crippen LogP contribution in [0.3, 0.4) is 0 Å². The van der Waals surface area contributed by atoms with E-state index in [0.717, 1.165) is 54.2 Å². The smallest absolute Gasteiger partial charge is 0.278 e. The number of aromatic amines is 1. The number of anilines is 3. The number of halogens is 1. The number of nitrogens with one attached hydrogen (secondary N) is 2. The van der Waals surface area contributed by atoms with Gasteiger partial charge in [0.2, 0.25) is 5.95 Å². The molecule has 4 aromatic heterocycles. The van der Waals surface area contributed by atoms with Crippen LogP contribution in [0.1, 0.15) is 16.8 Å². The molecule has 8 rings (SSSR count). The molecular formula is C39H35FN10O2. The molecule has 0 aliphatic carbocycles. The maximum atomic E-state index is 15.0. The highest BCUT2D eigenvalue weighted by Gasteiger charge is 2.20. The molecule has 1 aliphatic heterocycles. The molecular weight excluding hydrogens is 659 g/mol. The van der Waals surface area contributed by atoms with Crippen molar-refractivity contribution in [2.75, 3.05) is 36.4 Å². The van der Waals surface area contributed by atoms with Crippen LogP contribution in [0.5, 0.6) is 0 Å². The van der Waals surface area contributed by atoms with Crippen LogP contribution in [0.2, 0.25) is 0 Å². The second kappa shape index (κ2) is 14.0. The van der Waals surface area contributed by atoms with E-state index in [0.29, 0.717) is 53.3 Å². The second-order valence-electron chi connectivity index (χ2n) is 12.7. The van der Waals surface area contributed by atoms with Crippen LogP contribution in [0.25, 0.3) is 27.6 Å². The lowest BCUT2D eigenvalue weighted by Gasteiger charge is -2.36. The van der Waals surface area contributed by atoms with Crippen LogP contribution in [0.4, 0.5) is 21.7 Å². The van der Waals surface area contributed by atoms with Crippen molar-refractivity contribution >= 4 is 39.1 Å². The molecule has 0 amide bonds. The quantitative estimate of drug-likeness (QED) is 0.186. The van der Waals surface area contributed by atoms with Crippen molar-refractivity contribution in [1.29, 1.82) is 0 Å². The average Bonchev–Trinajstić information content (AvgIpc) is 3.45. The number of allylic oxidation sites excluding steroid dienone is 1. The van der Waals surface area contributed by atoms with Crippen LogP contribution < -0.4 is 21.3 Å². The highest BCUT2D eigenvalue weighted by molar-refractivity contribution is 5.83. The zero-order chi connectivity index (χ0) is 35.6. The van der Waals surface area contributed by atoms with E-state index in [1.807, 2.05) is 54.6 Å². The van der Waals surface area contributed by atoms with Gasteiger partial charge < -0.3 is 10.2 Å². The molecule has 7 aromatic rings. The summed E-state index contributed by atoms with van der Waals surface area (Å²) in [5, 5.41) is 11.9. The molecule has 0 atom stereocenters. The predicted octanol–water partition coefficient (Wildman–Crippen LogP) is 5.20. The van der Waals surface area contributed by atoms with Gasteiger partial charge in [0.05, 0.1) is 17.6 Å². The molecule has 12 nitrogen and oxygen atoms in total. The van der Waals surface area contributed by atoms with E-state index >= 15 is 0 Å². The molecule has 1 saturated heterocycles. The van der Waals surface area contributed by atoms with Gasteiger partial charge in [-0.05, 0) is 54.1 Å². The van der Waals surface area contributed by atoms with Gasteiger partial charge in [-0.3, -0.25) is 14.5 Å². The molecule has 5 heterocycles. The van der Waals surface area contributed by atoms with Gasteiger partial charge in [-0.15, -0.1) is 6.58 Å². The van der Waals surface area contributed by atoms with Crippen LogP contribution in [-0.4, -0.2) is 65.6 Å². The van der Waals surface area contributed by atoms with Crippen molar-refractivity contribution in [3.8, 4) is 5.82 Å². The summed E-state index contributed by atoms with van der Waals surface area (Å²) in [6, 6.07) is 26.2. The third-order valence-corrected chi connectivity index (χ3v) is 9.36. The SMILES string of the molecule is C=CCn1c(=O)c2cnc(Nc3ccc(N4CCN(Cc5cc(Cc6n[nH]c(=O)c7ccccc67)ccc5F)CC4)cc3)nc2n1-c1ccccn1. The summed E-state index contributed by atoms with van der Waals surface area (Å²) in [4.78, 5) is 43.5. The number of hydrogen-bond donors (Lipinski definition) is 2. The minimum absolute atomic E-state index is 0.218. The molecule has 0 bridgehead atoms. The van der Waals surface area contributed by atoms with Crippen molar-refractivity contribution in [3.05, 3.63) is 153 Å². The van der Waals surface area contributed by atoms with Crippen LogP contribution in [-0.2, 0) is 19.5 Å². The van der Waals surface area contributed by atoms with Crippen molar-refractivity contribution in [3.63, 3.8) is 0 Å². The Morgan fingerprint density at radius 3 is 2.44 bits per heavy atom. The lowest BCUT2D eigenvalue weighted by atomic mass is 10.0. The molecule has 0 spiro atoms. The van der Waals surface area contributed by atoms with Crippen LogP contribution >= 0.6 is 0 Å². The summed E-state index contributed by atoms with van der Waals surface area (Å²) in [7, 11) is 0. The van der Waals surface area contributed by atoms with Crippen LogP contribution in [0.15, 0.2) is 120 Å². The first-order valence-corrected chi connectivity index (χ1v) is 17.0. The minimum atomic E-state index is -0.231. The van der Waals surface area contributed by atoms with E-state index < -0.39 is 0 Å². The Morgan fingerprint density at radius 1 is 0.885 bits per heavy atom. The number of H-pyrrole nitrogens is 1. The van der Waals surface area contributed by atoms with Crippen molar-refractivity contribution in [2.24, 2.45) is 0 Å². The number of pyridine rings is 1. The number of benzene rings is 3. The molecule has 1 fully saturated rings. The standard InChI is InChI=1S/C39H35FN10O2/c1-2-17-49-38(52)32-24-42-39(44-36(32)50(49)35-9-5-6-16-41-35)43-28-11-13-29(14-12-28)48-20-18-47(19-21-48)25-27-22-26(10-15-33(27)40)23-34-30-7-3-4-8-31(30)37(51)46-45-34/h2-16,22,24H,1,17-21,23,25H2,(H,46,51)(H,42,43,44). The highest BCUT2D eigenvalue weighted by Crippen LogP contribution is 2.24. The fourth-order valence-electron chi connectivity index (χ4n) is 6.74. The third-order valence-electron chi connectivity index (χ3n) is 9.36. The number of piperazine rings is 1. The Morgan fingerprint density at radius 2 is 1.67 bits per heavy atom. The Labute approximate surface area is 297 Å². The van der Waals surface area contributed by atoms with E-state index in [1.165, 1.54) is 16.9 Å². The molecule has 0 unspecified atom stereocenters. The second-order valence-corrected chi connectivity index (χ2v) is 12.7. The number of rotatable bonds is 10. The zero-order valence-electron chi connectivity index (χ0n) is 28.2. The number of nitrogens with zero attached hydrogens (tertiary/aromatic N) is 8. The first kappa shape index (κ1) is 32.7. The molecule has 1 aliphatic rings. The number of aromatic nitrogens is 7. The first-order valence-electron chi connectivity index (χ1n) is 17.0. The van der Waals surface area contributed by atoms with E-state index in [2.05, 4.69) is 54.0 Å². The van der Waals surface area contributed by atoms with E-state index in [9.17, 15) is 14.0 Å². The van der Waals surface area contributed by atoms with Gasteiger partial charge in [0.1, 0.15) is 11.2 Å². The van der Waals surface area contributed by atoms with Gasteiger partial charge in [0, 0.05) is 73.9 Å². The summed E-state index contributed by atoms with van der Waals surface area (Å²) in [5.74, 6) is 0.693. The Hall–Kier alpha value is -6.47. The summed E-state index contributed by atoms with van der Waals surface area (Å²) in [6.07, 6.45) is 5.35. The zero-order valence-corrected chi connectivity index (χ0v) is 28.2. The maximum absolute atomic E-state index is 15.0. The van der Waals surface area contributed by atoms with Gasteiger partial charge in [-0.25, -0.2) is 28.8 Å². The van der Waals surface area contributed by atoms with Crippen molar-refractivity contribution in [2.45, 2.75) is 19.5 Å². The molecule has 52 heavy (non-hydrogen) atoms. The van der Waals surface area contributed by atoms with Crippen molar-refractivity contribution in [1.82, 2.24) is 39.4 Å². The predicted molar refractivity (Wildman–Crippen MR) is 200 cm³/mol. The topological polar surface area (TPSA) is 130 Å². The van der Waals surface area contributed by atoms with Gasteiger partial charge in [-0.1, -0.05) is 42.5 Å². The van der Waals surface area contributed by atoms with Crippen LogP contribution in [0, 0.1) is 5.82 Å². The van der Waals surface area contributed by atoms with E-state index in [4.69, 9.17) is 4.98 Å². The Kier molecular flexibility index (Phi) is 8.83. The minimum Gasteiger partial charge on any atom is -0.369 e. The fourth-order valence-corrected chi connectivity index (χ4v) is 6.74. The summed E-state index contributed by atoms with van der Waals surface area (Å²) in [5.41, 5.74) is 4.23. The molecule has 2 N–H and O–H groups in total. The average molecular weight is 695 g/mol. The maximum Gasteiger partial charge on any atom is 0.278 e. The summed E-state index contributed by atoms with van der Waals surface area (Å²) in [6.45, 7) is 7.76. The first-order chi connectivity index (χ1) is 25.4. The summed E-state index contributed by atoms with van der Waals surface area (Å²) >= 11 is 0. The number of hydrogen-bond acceptors (Lipinski definition) is 9. The largest absolute Gasteiger partial charge is 0.369 e. The van der Waals surface area contributed by atoms with E-state index in [-0.39, 0.29) is 16.9 Å². The monoisotopic (exact) mass is 694 g/mol. The lowest BCUT2D eigenvalue weighted by Crippen LogP contribution is -2.46. The molecule has 13 heteroatoms. The van der Waals surface area contributed by atoms with Crippen molar-refractivity contribution < 1.29 is 4.39 Å². The molecule has 0 saturated carbocycles. The van der Waals surface area contributed by atoms with Gasteiger partial charge in [0.15, 0.2) is 11.5 Å². The fraction of sp³-hybridized carbons (Fsp3) is 0.179. The highest BCUT2D eigenvalue weighted by atomic mass is 19.1. The molecule has 0 radical (unpaired) electrons. The van der Waals surface area contributed by atoms with Gasteiger partial charge in [-0.2, -0.15) is 10.1 Å². The third kappa shape index (κ3) is 6.44. The lowest BCUT2D eigenvalue weighted by molar-refractivity contribution is 0.246. The normalized spacial score (nSPS) is 13.5. The Bertz CT molecular complexity index is 2520. The van der Waals surface area contributed by atoms with E-state index in [1.54, 1.807) is 29.1 Å². The molecule has 3 aromatic carbocycles.